The van der Waals surface area contributed by atoms with Gasteiger partial charge in [-0.1, -0.05) is 6.07 Å². The van der Waals surface area contributed by atoms with Gasteiger partial charge in [0.05, 0.1) is 6.42 Å². The predicted octanol–water partition coefficient (Wildman–Crippen LogP) is 1.15. The third-order valence-electron chi connectivity index (χ3n) is 2.46. The Balaban J connectivity index is 2.44. The lowest BCUT2D eigenvalue weighted by atomic mass is 10.2. The first-order chi connectivity index (χ1) is 8.90. The number of aliphatic carboxylic acids is 1. The van der Waals surface area contributed by atoms with E-state index in [1.54, 1.807) is 0 Å². The fourth-order valence-electron chi connectivity index (χ4n) is 1.34. The Kier molecular flexibility index (Phi) is 5.11. The summed E-state index contributed by atoms with van der Waals surface area (Å²) in [5.41, 5.74) is 0.496. The highest BCUT2D eigenvalue weighted by atomic mass is 19.1. The average Bonchev–Trinajstić information content (AvgIpc) is 2.36. The number of hydrogen-bond acceptors (Lipinski definition) is 3. The van der Waals surface area contributed by atoms with Gasteiger partial charge in [-0.2, -0.15) is 0 Å². The van der Waals surface area contributed by atoms with E-state index in [1.165, 1.54) is 24.1 Å². The Morgan fingerprint density at radius 3 is 2.68 bits per heavy atom. The van der Waals surface area contributed by atoms with Gasteiger partial charge in [-0.3, -0.25) is 4.79 Å². The van der Waals surface area contributed by atoms with Crippen molar-refractivity contribution < 1.29 is 24.2 Å². The van der Waals surface area contributed by atoms with Crippen LogP contribution >= 0.6 is 0 Å². The van der Waals surface area contributed by atoms with Crippen LogP contribution < -0.4 is 5.32 Å². The van der Waals surface area contributed by atoms with E-state index in [1.807, 2.05) is 0 Å². The van der Waals surface area contributed by atoms with Crippen LogP contribution in [-0.2, 0) is 11.3 Å². The Morgan fingerprint density at radius 1 is 1.42 bits per heavy atom. The van der Waals surface area contributed by atoms with Crippen molar-refractivity contribution >= 4 is 12.0 Å². The first kappa shape index (κ1) is 14.7. The molecule has 1 aromatic rings. The van der Waals surface area contributed by atoms with Gasteiger partial charge in [-0.25, -0.2) is 9.18 Å². The number of benzene rings is 1. The van der Waals surface area contributed by atoms with Gasteiger partial charge in [-0.05, 0) is 17.7 Å². The van der Waals surface area contributed by atoms with E-state index in [9.17, 15) is 14.0 Å². The van der Waals surface area contributed by atoms with Gasteiger partial charge in [0.25, 0.3) is 0 Å². The molecule has 0 heterocycles. The topological polar surface area (TPSA) is 89.9 Å². The number of rotatable bonds is 5. The van der Waals surface area contributed by atoms with E-state index < -0.39 is 23.6 Å². The maximum absolute atomic E-state index is 13.0. The molecule has 1 aromatic carbocycles. The third kappa shape index (κ3) is 4.82. The van der Waals surface area contributed by atoms with Gasteiger partial charge in [0, 0.05) is 20.1 Å². The molecule has 0 aliphatic carbocycles. The molecule has 3 N–H and O–H groups in total. The summed E-state index contributed by atoms with van der Waals surface area (Å²) in [6, 6.07) is 3.35. The fourth-order valence-corrected chi connectivity index (χ4v) is 1.34. The molecule has 2 amide bonds. The second-order valence-electron chi connectivity index (χ2n) is 4.01. The minimum Gasteiger partial charge on any atom is -0.505 e. The van der Waals surface area contributed by atoms with Crippen LogP contribution in [-0.4, -0.2) is 40.7 Å². The summed E-state index contributed by atoms with van der Waals surface area (Å²) in [4.78, 5) is 23.1. The molecule has 0 radical (unpaired) electrons. The molecule has 0 spiro atoms. The van der Waals surface area contributed by atoms with Crippen molar-refractivity contribution in [1.82, 2.24) is 10.2 Å². The number of phenolic OH excluding ortho intramolecular Hbond substituents is 1. The molecule has 0 aliphatic heterocycles. The number of hydrogen-bond donors (Lipinski definition) is 3. The predicted molar refractivity (Wildman–Crippen MR) is 65.2 cm³/mol. The minimum absolute atomic E-state index is 0.0884. The van der Waals surface area contributed by atoms with Crippen molar-refractivity contribution in [1.29, 1.82) is 0 Å². The number of halogens is 1. The zero-order valence-corrected chi connectivity index (χ0v) is 10.4. The summed E-state index contributed by atoms with van der Waals surface area (Å²) < 4.78 is 13.0. The van der Waals surface area contributed by atoms with Crippen molar-refractivity contribution in [3.8, 4) is 5.75 Å². The van der Waals surface area contributed by atoms with Crippen LogP contribution in [0, 0.1) is 5.82 Å². The zero-order valence-electron chi connectivity index (χ0n) is 10.4. The smallest absolute Gasteiger partial charge is 0.317 e. The molecular formula is C12H15FN2O4. The molecular weight excluding hydrogens is 255 g/mol. The first-order valence-corrected chi connectivity index (χ1v) is 5.58. The van der Waals surface area contributed by atoms with E-state index in [2.05, 4.69) is 5.32 Å². The molecule has 104 valence electrons. The molecule has 0 unspecified atom stereocenters. The van der Waals surface area contributed by atoms with Crippen LogP contribution in [0.5, 0.6) is 5.75 Å². The van der Waals surface area contributed by atoms with Gasteiger partial charge in [0.1, 0.15) is 0 Å². The molecule has 0 fully saturated rings. The number of carbonyl (C=O) groups excluding carboxylic acids is 1. The second-order valence-corrected chi connectivity index (χ2v) is 4.01. The molecule has 7 heteroatoms. The number of nitrogens with zero attached hydrogens (tertiary/aromatic N) is 1. The van der Waals surface area contributed by atoms with Crippen LogP contribution in [0.25, 0.3) is 0 Å². The SMILES string of the molecule is CN(CCC(=O)O)C(=O)NCc1ccc(O)c(F)c1. The Hall–Kier alpha value is -2.31. The van der Waals surface area contributed by atoms with Crippen molar-refractivity contribution in [2.45, 2.75) is 13.0 Å². The number of amides is 2. The maximum atomic E-state index is 13.0. The maximum Gasteiger partial charge on any atom is 0.317 e. The second kappa shape index (κ2) is 6.58. The van der Waals surface area contributed by atoms with Crippen LogP contribution in [0.4, 0.5) is 9.18 Å². The summed E-state index contributed by atoms with van der Waals surface area (Å²) >= 11 is 0. The van der Waals surface area contributed by atoms with Crippen molar-refractivity contribution in [3.05, 3.63) is 29.6 Å². The fraction of sp³-hybridized carbons (Fsp3) is 0.333. The van der Waals surface area contributed by atoms with Gasteiger partial charge >= 0.3 is 12.0 Å². The normalized spacial score (nSPS) is 10.0. The largest absolute Gasteiger partial charge is 0.505 e. The highest BCUT2D eigenvalue weighted by Crippen LogP contribution is 2.15. The van der Waals surface area contributed by atoms with Crippen molar-refractivity contribution in [3.63, 3.8) is 0 Å². The summed E-state index contributed by atoms with van der Waals surface area (Å²) in [5.74, 6) is -2.19. The zero-order chi connectivity index (χ0) is 14.4. The van der Waals surface area contributed by atoms with Crippen LogP contribution in [0.2, 0.25) is 0 Å². The molecule has 0 aliphatic rings. The molecule has 0 atom stereocenters. The molecule has 1 rings (SSSR count). The lowest BCUT2D eigenvalue weighted by Crippen LogP contribution is -2.37. The first-order valence-electron chi connectivity index (χ1n) is 5.58. The minimum atomic E-state index is -0.986. The number of carbonyl (C=O) groups is 2. The van der Waals surface area contributed by atoms with Gasteiger partial charge in [0.2, 0.25) is 0 Å². The van der Waals surface area contributed by atoms with Crippen molar-refractivity contribution in [2.75, 3.05) is 13.6 Å². The number of aromatic hydroxyl groups is 1. The number of phenols is 1. The van der Waals surface area contributed by atoms with Gasteiger partial charge in [-0.15, -0.1) is 0 Å². The van der Waals surface area contributed by atoms with Crippen LogP contribution in [0.3, 0.4) is 0 Å². The Labute approximate surface area is 109 Å². The Bertz CT molecular complexity index is 479. The van der Waals surface area contributed by atoms with E-state index in [0.29, 0.717) is 5.56 Å². The van der Waals surface area contributed by atoms with Crippen molar-refractivity contribution in [2.24, 2.45) is 0 Å². The molecule has 0 saturated heterocycles. The van der Waals surface area contributed by atoms with Crippen LogP contribution in [0.1, 0.15) is 12.0 Å². The standard InChI is InChI=1S/C12H15FN2O4/c1-15(5-4-11(17)18)12(19)14-7-8-2-3-10(16)9(13)6-8/h2-3,6,16H,4-5,7H2,1H3,(H,14,19)(H,17,18). The molecule has 0 bridgehead atoms. The van der Waals surface area contributed by atoms with Gasteiger partial charge < -0.3 is 20.4 Å². The average molecular weight is 270 g/mol. The molecule has 0 aromatic heterocycles. The number of nitrogens with one attached hydrogen (secondary N) is 1. The van der Waals surface area contributed by atoms with Gasteiger partial charge in [0.15, 0.2) is 11.6 Å². The molecule has 6 nitrogen and oxygen atoms in total. The van der Waals surface area contributed by atoms with E-state index in [0.717, 1.165) is 6.07 Å². The summed E-state index contributed by atoms with van der Waals surface area (Å²) in [6.45, 7) is 0.179. The monoisotopic (exact) mass is 270 g/mol. The Morgan fingerprint density at radius 2 is 2.11 bits per heavy atom. The number of carboxylic acids is 1. The van der Waals surface area contributed by atoms with E-state index >= 15 is 0 Å². The van der Waals surface area contributed by atoms with Crippen LogP contribution in [0.15, 0.2) is 18.2 Å². The number of urea groups is 1. The molecule has 19 heavy (non-hydrogen) atoms. The van der Waals surface area contributed by atoms with E-state index in [-0.39, 0.29) is 19.5 Å². The third-order valence-corrected chi connectivity index (χ3v) is 2.46. The lowest BCUT2D eigenvalue weighted by molar-refractivity contribution is -0.137. The quantitative estimate of drug-likeness (QED) is 0.748. The highest BCUT2D eigenvalue weighted by molar-refractivity contribution is 5.75. The highest BCUT2D eigenvalue weighted by Gasteiger charge is 2.10. The molecule has 0 saturated carbocycles. The lowest BCUT2D eigenvalue weighted by Gasteiger charge is -2.16. The summed E-state index contributed by atoms with van der Waals surface area (Å²) in [5, 5.41) is 20.0. The number of carboxylic acid groups (broad SMARTS) is 1. The summed E-state index contributed by atoms with van der Waals surface area (Å²) in [6.07, 6.45) is -0.141. The van der Waals surface area contributed by atoms with E-state index in [4.69, 9.17) is 10.2 Å². The summed E-state index contributed by atoms with van der Waals surface area (Å²) in [7, 11) is 1.47.